The fourth-order valence-electron chi connectivity index (χ4n) is 1.80. The summed E-state index contributed by atoms with van der Waals surface area (Å²) in [5.41, 5.74) is 0.591. The average molecular weight is 299 g/mol. The molecule has 22 heavy (non-hydrogen) atoms. The van der Waals surface area contributed by atoms with Crippen molar-refractivity contribution in [2.45, 2.75) is 19.6 Å². The maximum atomic E-state index is 13.0. The lowest BCUT2D eigenvalue weighted by molar-refractivity contribution is -0.152. The summed E-state index contributed by atoms with van der Waals surface area (Å²) in [6.45, 7) is 1.47. The van der Waals surface area contributed by atoms with Crippen molar-refractivity contribution in [1.29, 1.82) is 5.26 Å². The number of carbonyl (C=O) groups excluding carboxylic acids is 1. The van der Waals surface area contributed by atoms with Gasteiger partial charge in [0.25, 0.3) is 0 Å². The van der Waals surface area contributed by atoms with E-state index in [4.69, 9.17) is 14.7 Å². The Kier molecular flexibility index (Phi) is 5.10. The van der Waals surface area contributed by atoms with Crippen LogP contribution in [0.1, 0.15) is 18.1 Å². The van der Waals surface area contributed by atoms with E-state index in [1.165, 1.54) is 12.1 Å². The Balaban J connectivity index is 1.94. The van der Waals surface area contributed by atoms with Crippen LogP contribution in [0.3, 0.4) is 0 Å². The van der Waals surface area contributed by atoms with E-state index in [1.54, 1.807) is 31.2 Å². The summed E-state index contributed by atoms with van der Waals surface area (Å²) in [5.74, 6) is -0.504. The summed E-state index contributed by atoms with van der Waals surface area (Å²) in [4.78, 5) is 11.9. The van der Waals surface area contributed by atoms with Gasteiger partial charge in [-0.1, -0.05) is 24.3 Å². The first-order valence-corrected chi connectivity index (χ1v) is 6.67. The molecule has 0 heterocycles. The highest BCUT2D eigenvalue weighted by Gasteiger charge is 2.17. The van der Waals surface area contributed by atoms with Crippen LogP contribution < -0.4 is 4.74 Å². The van der Waals surface area contributed by atoms with Crippen LogP contribution in [0.5, 0.6) is 5.75 Å². The second kappa shape index (κ2) is 7.23. The fraction of sp³-hybridized carbons (Fsp3) is 0.176. The van der Waals surface area contributed by atoms with Crippen LogP contribution in [0.2, 0.25) is 0 Å². The van der Waals surface area contributed by atoms with Gasteiger partial charge in [-0.15, -0.1) is 0 Å². The van der Waals surface area contributed by atoms with E-state index >= 15 is 0 Å². The third kappa shape index (κ3) is 4.06. The van der Waals surface area contributed by atoms with Crippen molar-refractivity contribution in [2.75, 3.05) is 0 Å². The van der Waals surface area contributed by atoms with Gasteiger partial charge >= 0.3 is 5.97 Å². The number of hydrogen-bond donors (Lipinski definition) is 0. The van der Waals surface area contributed by atoms with E-state index in [1.807, 2.05) is 12.1 Å². The molecule has 0 fully saturated rings. The van der Waals surface area contributed by atoms with Crippen molar-refractivity contribution in [2.24, 2.45) is 0 Å². The van der Waals surface area contributed by atoms with E-state index in [0.717, 1.165) is 6.07 Å². The van der Waals surface area contributed by atoms with Gasteiger partial charge in [0.15, 0.2) is 6.10 Å². The SMILES string of the molecule is CC(Oc1ccccc1)C(=O)OCc1ccc(F)cc1C#N. The first-order valence-electron chi connectivity index (χ1n) is 6.67. The van der Waals surface area contributed by atoms with E-state index in [0.29, 0.717) is 11.3 Å². The number of para-hydroxylation sites is 1. The molecule has 0 N–H and O–H groups in total. The Morgan fingerprint density at radius 1 is 1.27 bits per heavy atom. The molecule has 112 valence electrons. The van der Waals surface area contributed by atoms with Crippen molar-refractivity contribution >= 4 is 5.97 Å². The summed E-state index contributed by atoms with van der Waals surface area (Å²) in [5, 5.41) is 8.93. The number of rotatable bonds is 5. The van der Waals surface area contributed by atoms with Crippen LogP contribution in [0.15, 0.2) is 48.5 Å². The second-order valence-corrected chi connectivity index (χ2v) is 4.59. The van der Waals surface area contributed by atoms with Crippen molar-refractivity contribution in [1.82, 2.24) is 0 Å². The molecule has 4 nitrogen and oxygen atoms in total. The largest absolute Gasteiger partial charge is 0.479 e. The molecular formula is C17H14FNO3. The molecule has 0 saturated carbocycles. The lowest BCUT2D eigenvalue weighted by Gasteiger charge is -2.14. The minimum Gasteiger partial charge on any atom is -0.479 e. The summed E-state index contributed by atoms with van der Waals surface area (Å²) >= 11 is 0. The normalized spacial score (nSPS) is 11.3. The molecule has 5 heteroatoms. The van der Waals surface area contributed by atoms with Crippen LogP contribution in [-0.2, 0) is 16.1 Å². The first kappa shape index (κ1) is 15.5. The van der Waals surface area contributed by atoms with Gasteiger partial charge in [0.2, 0.25) is 0 Å². The summed E-state index contributed by atoms with van der Waals surface area (Å²) in [6, 6.07) is 14.5. The number of benzene rings is 2. The van der Waals surface area contributed by atoms with Gasteiger partial charge in [-0.25, -0.2) is 9.18 Å². The predicted octanol–water partition coefficient (Wildman–Crippen LogP) is 3.21. The van der Waals surface area contributed by atoms with Gasteiger partial charge in [-0.2, -0.15) is 5.26 Å². The maximum Gasteiger partial charge on any atom is 0.347 e. The highest BCUT2D eigenvalue weighted by atomic mass is 19.1. The Labute approximate surface area is 127 Å². The summed E-state index contributed by atoms with van der Waals surface area (Å²) in [6.07, 6.45) is -0.784. The molecule has 0 amide bonds. The number of ether oxygens (including phenoxy) is 2. The number of esters is 1. The smallest absolute Gasteiger partial charge is 0.347 e. The molecule has 2 aromatic carbocycles. The molecule has 1 unspecified atom stereocenters. The van der Waals surface area contributed by atoms with Crippen LogP contribution in [0.25, 0.3) is 0 Å². The van der Waals surface area contributed by atoms with E-state index < -0.39 is 17.9 Å². The molecular weight excluding hydrogens is 285 g/mol. The zero-order valence-corrected chi connectivity index (χ0v) is 12.0. The summed E-state index contributed by atoms with van der Waals surface area (Å²) in [7, 11) is 0. The zero-order valence-electron chi connectivity index (χ0n) is 12.0. The molecule has 0 bridgehead atoms. The molecule has 0 aromatic heterocycles. The molecule has 0 aliphatic carbocycles. The van der Waals surface area contributed by atoms with Gasteiger partial charge in [-0.3, -0.25) is 0 Å². The topological polar surface area (TPSA) is 59.3 Å². The number of nitrogens with zero attached hydrogens (tertiary/aromatic N) is 1. The third-order valence-corrected chi connectivity index (χ3v) is 2.95. The predicted molar refractivity (Wildman–Crippen MR) is 77.4 cm³/mol. The lowest BCUT2D eigenvalue weighted by Crippen LogP contribution is -2.26. The monoisotopic (exact) mass is 299 g/mol. The molecule has 1 atom stereocenters. The van der Waals surface area contributed by atoms with Crippen molar-refractivity contribution in [3.63, 3.8) is 0 Å². The molecule has 0 saturated heterocycles. The van der Waals surface area contributed by atoms with E-state index in [2.05, 4.69) is 0 Å². The zero-order chi connectivity index (χ0) is 15.9. The average Bonchev–Trinajstić information content (AvgIpc) is 2.54. The Morgan fingerprint density at radius 3 is 2.68 bits per heavy atom. The molecule has 2 rings (SSSR count). The number of hydrogen-bond acceptors (Lipinski definition) is 4. The Bertz CT molecular complexity index is 695. The standard InChI is InChI=1S/C17H14FNO3/c1-12(22-16-5-3-2-4-6-16)17(20)21-11-13-7-8-15(18)9-14(13)10-19/h2-9,12H,11H2,1H3. The molecule has 0 aliphatic heterocycles. The van der Waals surface area contributed by atoms with Gasteiger partial charge in [0.05, 0.1) is 11.6 Å². The van der Waals surface area contributed by atoms with Crippen LogP contribution >= 0.6 is 0 Å². The fourth-order valence-corrected chi connectivity index (χ4v) is 1.80. The van der Waals surface area contributed by atoms with Crippen LogP contribution in [0.4, 0.5) is 4.39 Å². The lowest BCUT2D eigenvalue weighted by atomic mass is 10.1. The van der Waals surface area contributed by atoms with Crippen molar-refractivity contribution in [3.8, 4) is 11.8 Å². The number of nitriles is 1. The highest BCUT2D eigenvalue weighted by molar-refractivity contribution is 5.74. The third-order valence-electron chi connectivity index (χ3n) is 2.95. The number of halogens is 1. The minimum absolute atomic E-state index is 0.107. The quantitative estimate of drug-likeness (QED) is 0.795. The van der Waals surface area contributed by atoms with Crippen LogP contribution in [-0.4, -0.2) is 12.1 Å². The molecule has 0 radical (unpaired) electrons. The van der Waals surface area contributed by atoms with Gasteiger partial charge in [0.1, 0.15) is 18.2 Å². The van der Waals surface area contributed by atoms with E-state index in [9.17, 15) is 9.18 Å². The van der Waals surface area contributed by atoms with Crippen LogP contribution in [0, 0.1) is 17.1 Å². The van der Waals surface area contributed by atoms with Gasteiger partial charge in [0, 0.05) is 5.56 Å². The number of carbonyl (C=O) groups is 1. The van der Waals surface area contributed by atoms with E-state index in [-0.39, 0.29) is 12.2 Å². The Morgan fingerprint density at radius 2 is 2.00 bits per heavy atom. The Hall–Kier alpha value is -2.87. The molecule has 0 spiro atoms. The molecule has 0 aliphatic rings. The van der Waals surface area contributed by atoms with Crippen molar-refractivity contribution in [3.05, 3.63) is 65.5 Å². The minimum atomic E-state index is -0.784. The molecule has 2 aromatic rings. The highest BCUT2D eigenvalue weighted by Crippen LogP contribution is 2.14. The summed E-state index contributed by atoms with van der Waals surface area (Å²) < 4.78 is 23.6. The first-order chi connectivity index (χ1) is 10.6. The maximum absolute atomic E-state index is 13.0. The van der Waals surface area contributed by atoms with Crippen molar-refractivity contribution < 1.29 is 18.7 Å². The second-order valence-electron chi connectivity index (χ2n) is 4.59. The van der Waals surface area contributed by atoms with Gasteiger partial charge in [-0.05, 0) is 31.2 Å². The van der Waals surface area contributed by atoms with Gasteiger partial charge < -0.3 is 9.47 Å².